The molecule has 1 N–H and O–H groups in total. The molecule has 0 saturated heterocycles. The van der Waals surface area contributed by atoms with E-state index in [0.29, 0.717) is 5.75 Å². The summed E-state index contributed by atoms with van der Waals surface area (Å²) >= 11 is 0. The van der Waals surface area contributed by atoms with E-state index in [-0.39, 0.29) is 29.6 Å². The summed E-state index contributed by atoms with van der Waals surface area (Å²) < 4.78 is 0. The summed E-state index contributed by atoms with van der Waals surface area (Å²) in [6.45, 7) is 5.71. The molecule has 0 aromatic heterocycles. The van der Waals surface area contributed by atoms with Gasteiger partial charge in [0, 0.05) is 29.6 Å². The van der Waals surface area contributed by atoms with Crippen LogP contribution in [0.3, 0.4) is 0 Å². The predicted octanol–water partition coefficient (Wildman–Crippen LogP) is 2.04. The van der Waals surface area contributed by atoms with Crippen molar-refractivity contribution in [2.75, 3.05) is 0 Å². The summed E-state index contributed by atoms with van der Waals surface area (Å²) in [6.07, 6.45) is 0. The molecule has 0 amide bonds. The summed E-state index contributed by atoms with van der Waals surface area (Å²) in [5, 5.41) is 8.91. The second kappa shape index (κ2) is 4.60. The van der Waals surface area contributed by atoms with Crippen LogP contribution in [-0.4, -0.2) is 34.7 Å². The molecule has 0 atom stereocenters. The monoisotopic (exact) mass is 157 g/mol. The molecule has 0 heterocycles. The first-order valence-corrected chi connectivity index (χ1v) is 3.15. The normalized spacial score (nSPS) is 8.45. The Kier molecular flexibility index (Phi) is 4.50. The van der Waals surface area contributed by atoms with Gasteiger partial charge in [-0.3, -0.25) is 0 Å². The summed E-state index contributed by atoms with van der Waals surface area (Å²) in [5.41, 5.74) is 2.08. The fraction of sp³-hybridized carbons (Fsp3) is 0.111. The van der Waals surface area contributed by atoms with Crippen molar-refractivity contribution in [1.29, 1.82) is 0 Å². The minimum Gasteiger partial charge on any atom is -0.508 e. The van der Waals surface area contributed by atoms with E-state index in [4.69, 9.17) is 5.11 Å². The van der Waals surface area contributed by atoms with Gasteiger partial charge in [0.2, 0.25) is 0 Å². The van der Waals surface area contributed by atoms with Gasteiger partial charge in [-0.15, -0.1) is 0 Å². The third-order valence-electron chi connectivity index (χ3n) is 1.36. The number of aromatic hydroxyl groups is 1. The molecule has 0 spiro atoms. The van der Waals surface area contributed by atoms with E-state index in [2.05, 4.69) is 6.58 Å². The van der Waals surface area contributed by atoms with Gasteiger partial charge >= 0.3 is 0 Å². The molecular weight excluding hydrogens is 147 g/mol. The Labute approximate surface area is 89.0 Å². The zero-order chi connectivity index (χ0) is 7.56. The van der Waals surface area contributed by atoms with Crippen molar-refractivity contribution in [3.8, 4) is 5.75 Å². The van der Waals surface area contributed by atoms with Crippen LogP contribution < -0.4 is 0 Å². The van der Waals surface area contributed by atoms with E-state index in [1.54, 1.807) is 12.1 Å². The number of hydrogen-bond donors (Lipinski definition) is 1. The van der Waals surface area contributed by atoms with Crippen LogP contribution in [0, 0.1) is 0 Å². The summed E-state index contributed by atoms with van der Waals surface area (Å²) in [4.78, 5) is 0. The van der Waals surface area contributed by atoms with Gasteiger partial charge in [0.05, 0.1) is 0 Å². The third-order valence-corrected chi connectivity index (χ3v) is 1.36. The molecule has 11 heavy (non-hydrogen) atoms. The Bertz CT molecular complexity index is 238. The van der Waals surface area contributed by atoms with E-state index in [9.17, 15) is 0 Å². The largest absolute Gasteiger partial charge is 0.508 e. The minimum absolute atomic E-state index is 0. The summed E-state index contributed by atoms with van der Waals surface area (Å²) in [7, 11) is 0. The molecule has 1 nitrogen and oxygen atoms in total. The number of phenolic OH excluding ortho intramolecular Hbond substituents is 1. The zero-order valence-electron chi connectivity index (χ0n) is 6.96. The van der Waals surface area contributed by atoms with E-state index < -0.39 is 0 Å². The van der Waals surface area contributed by atoms with Crippen LogP contribution >= 0.6 is 0 Å². The number of rotatable bonds is 1. The van der Waals surface area contributed by atoms with Gasteiger partial charge < -0.3 is 5.11 Å². The standard InChI is InChI=1S/C9H10O.Na/c1-7(2)8-3-5-9(10)6-4-8;/h3-6,10H,1H2,2H3;. The topological polar surface area (TPSA) is 20.2 Å². The average molecular weight is 157 g/mol. The summed E-state index contributed by atoms with van der Waals surface area (Å²) in [6, 6.07) is 7.00. The van der Waals surface area contributed by atoms with E-state index >= 15 is 0 Å². The maximum atomic E-state index is 8.91. The fourth-order valence-electron chi connectivity index (χ4n) is 0.746. The molecule has 1 radical (unpaired) electrons. The van der Waals surface area contributed by atoms with Gasteiger partial charge in [0.15, 0.2) is 0 Å². The first kappa shape index (κ1) is 10.8. The van der Waals surface area contributed by atoms with Crippen molar-refractivity contribution < 1.29 is 5.11 Å². The van der Waals surface area contributed by atoms with Crippen LogP contribution in [-0.2, 0) is 0 Å². The average Bonchev–Trinajstić information content (AvgIpc) is 1.88. The van der Waals surface area contributed by atoms with Gasteiger partial charge in [-0.25, -0.2) is 0 Å². The molecule has 0 aliphatic heterocycles. The predicted molar refractivity (Wildman–Crippen MR) is 48.6 cm³/mol. The van der Waals surface area contributed by atoms with Crippen LogP contribution in [0.4, 0.5) is 0 Å². The van der Waals surface area contributed by atoms with E-state index in [1.165, 1.54) is 0 Å². The van der Waals surface area contributed by atoms with Crippen molar-refractivity contribution in [2.24, 2.45) is 0 Å². The molecule has 0 saturated carbocycles. The Balaban J connectivity index is 0.000001000. The van der Waals surface area contributed by atoms with Gasteiger partial charge in [-0.1, -0.05) is 24.3 Å². The maximum absolute atomic E-state index is 8.91. The van der Waals surface area contributed by atoms with Crippen molar-refractivity contribution in [2.45, 2.75) is 6.92 Å². The molecule has 0 aliphatic carbocycles. The molecule has 0 fully saturated rings. The Morgan fingerprint density at radius 3 is 2.09 bits per heavy atom. The Hall–Kier alpha value is -0.240. The number of phenols is 1. The second-order valence-electron chi connectivity index (χ2n) is 2.33. The fourth-order valence-corrected chi connectivity index (χ4v) is 0.746. The molecule has 2 heteroatoms. The van der Waals surface area contributed by atoms with E-state index in [1.807, 2.05) is 19.1 Å². The van der Waals surface area contributed by atoms with Crippen molar-refractivity contribution >= 4 is 35.1 Å². The molecule has 0 unspecified atom stereocenters. The van der Waals surface area contributed by atoms with Crippen molar-refractivity contribution in [3.05, 3.63) is 36.4 Å². The van der Waals surface area contributed by atoms with Crippen LogP contribution in [0.15, 0.2) is 30.8 Å². The molecule has 1 rings (SSSR count). The molecule has 1 aromatic carbocycles. The van der Waals surface area contributed by atoms with Gasteiger partial charge in [-0.05, 0) is 24.6 Å². The van der Waals surface area contributed by atoms with Gasteiger partial charge in [-0.2, -0.15) is 0 Å². The molecule has 0 bridgehead atoms. The molecule has 0 aliphatic rings. The quantitative estimate of drug-likeness (QED) is 0.618. The number of hydrogen-bond acceptors (Lipinski definition) is 1. The number of allylic oxidation sites excluding steroid dienone is 1. The smallest absolute Gasteiger partial charge is 0.115 e. The van der Waals surface area contributed by atoms with Crippen LogP contribution in [0.25, 0.3) is 5.57 Å². The molecular formula is C9H10NaO. The van der Waals surface area contributed by atoms with Gasteiger partial charge in [0.25, 0.3) is 0 Å². The first-order chi connectivity index (χ1) is 4.70. The molecule has 1 aromatic rings. The maximum Gasteiger partial charge on any atom is 0.115 e. The molecule has 53 valence electrons. The minimum atomic E-state index is 0. The Morgan fingerprint density at radius 2 is 1.73 bits per heavy atom. The second-order valence-corrected chi connectivity index (χ2v) is 2.33. The van der Waals surface area contributed by atoms with Crippen molar-refractivity contribution in [1.82, 2.24) is 0 Å². The third kappa shape index (κ3) is 3.10. The first-order valence-electron chi connectivity index (χ1n) is 3.15. The zero-order valence-corrected chi connectivity index (χ0v) is 8.96. The van der Waals surface area contributed by atoms with E-state index in [0.717, 1.165) is 11.1 Å². The van der Waals surface area contributed by atoms with Crippen LogP contribution in [0.5, 0.6) is 5.75 Å². The summed E-state index contributed by atoms with van der Waals surface area (Å²) in [5.74, 6) is 0.296. The van der Waals surface area contributed by atoms with Crippen LogP contribution in [0.2, 0.25) is 0 Å². The van der Waals surface area contributed by atoms with Crippen molar-refractivity contribution in [3.63, 3.8) is 0 Å². The Morgan fingerprint density at radius 1 is 1.27 bits per heavy atom. The number of benzene rings is 1. The SMILES string of the molecule is C=C(C)c1ccc(O)cc1.[Na]. The van der Waals surface area contributed by atoms with Gasteiger partial charge in [0.1, 0.15) is 5.75 Å². The van der Waals surface area contributed by atoms with Crippen LogP contribution in [0.1, 0.15) is 12.5 Å².